The van der Waals surface area contributed by atoms with Crippen molar-refractivity contribution in [1.29, 1.82) is 0 Å². The monoisotopic (exact) mass is 493 g/mol. The average molecular weight is 495 g/mol. The topological polar surface area (TPSA) is 96.3 Å². The van der Waals surface area contributed by atoms with Gasteiger partial charge >= 0.3 is 15.5 Å². The number of benzene rings is 1. The van der Waals surface area contributed by atoms with Gasteiger partial charge in [-0.15, -0.1) is 0 Å². The highest BCUT2D eigenvalue weighted by atomic mass is 79.9. The molecule has 2 aromatic rings. The van der Waals surface area contributed by atoms with Crippen LogP contribution in [0, 0.1) is 0 Å². The number of ketones is 1. The van der Waals surface area contributed by atoms with Gasteiger partial charge in [-0.25, -0.2) is 0 Å². The molecule has 0 N–H and O–H groups in total. The maximum atomic E-state index is 13.2. The molecule has 1 aromatic carbocycles. The Bertz CT molecular complexity index is 1100. The van der Waals surface area contributed by atoms with Gasteiger partial charge < -0.3 is 4.55 Å². The molecule has 142 valence electrons. The molecule has 0 fully saturated rings. The Morgan fingerprint density at radius 3 is 2.31 bits per heavy atom. The van der Waals surface area contributed by atoms with Gasteiger partial charge in [-0.3, -0.25) is 9.59 Å². The highest BCUT2D eigenvalue weighted by molar-refractivity contribution is 9.10. The highest BCUT2D eigenvalue weighted by Gasteiger charge is 2.51. The maximum absolute atomic E-state index is 13.2. The van der Waals surface area contributed by atoms with E-state index >= 15 is 0 Å². The highest BCUT2D eigenvalue weighted by Crippen LogP contribution is 2.36. The minimum atomic E-state index is -6.15. The second-order valence-corrected chi connectivity index (χ2v) is 9.32. The van der Waals surface area contributed by atoms with Crippen molar-refractivity contribution >= 4 is 65.4 Å². The summed E-state index contributed by atoms with van der Waals surface area (Å²) >= 11 is 6.33. The van der Waals surface area contributed by atoms with Crippen LogP contribution in [0.5, 0.6) is 0 Å². The maximum Gasteiger partial charge on any atom is 0.517 e. The molecule has 0 saturated heterocycles. The summed E-state index contributed by atoms with van der Waals surface area (Å²) in [5, 5.41) is -2.06. The number of pyridine rings is 1. The van der Waals surface area contributed by atoms with Gasteiger partial charge in [0.15, 0.2) is 5.78 Å². The Hall–Kier alpha value is -1.08. The number of carbonyl (C=O) groups excluding carboxylic acids is 1. The zero-order valence-electron chi connectivity index (χ0n) is 12.8. The summed E-state index contributed by atoms with van der Waals surface area (Å²) in [6, 6.07) is 2.27. The molecule has 6 nitrogen and oxygen atoms in total. The number of fused-ring (bicyclic) bond motifs is 1. The van der Waals surface area contributed by atoms with E-state index in [1.54, 1.807) is 0 Å². The summed E-state index contributed by atoms with van der Waals surface area (Å²) in [7, 11) is -6.15. The Balaban J connectivity index is 3.41. The molecule has 1 unspecified atom stereocenters. The molecule has 26 heavy (non-hydrogen) atoms. The number of halogens is 5. The second-order valence-electron chi connectivity index (χ2n) is 4.99. The molecule has 0 spiro atoms. The van der Waals surface area contributed by atoms with Crippen LogP contribution in [0.25, 0.3) is 10.9 Å². The predicted molar refractivity (Wildman–Crippen MR) is 93.6 cm³/mol. The normalized spacial score (nSPS) is 13.8. The molecule has 1 heterocycles. The molecule has 0 aliphatic heterocycles. The fraction of sp³-hybridized carbons (Fsp3) is 0.231. The molecule has 2 rings (SSSR count). The van der Waals surface area contributed by atoms with E-state index < -0.39 is 59.4 Å². The first-order chi connectivity index (χ1) is 11.7. The summed E-state index contributed by atoms with van der Waals surface area (Å²) in [4.78, 5) is 24.5. The first-order valence-corrected chi connectivity index (χ1v) is 10.6. The van der Waals surface area contributed by atoms with Crippen LogP contribution in [-0.4, -0.2) is 34.5 Å². The third kappa shape index (κ3) is 3.17. The number of Topliss-reactive ketones (excluding diaryl/α,β-unsaturated/α-hetero) is 1. The van der Waals surface area contributed by atoms with E-state index in [0.717, 1.165) is 25.3 Å². The summed E-state index contributed by atoms with van der Waals surface area (Å²) in [6.45, 7) is 0.843. The third-order valence-corrected chi connectivity index (χ3v) is 6.72. The van der Waals surface area contributed by atoms with Gasteiger partial charge in [0.25, 0.3) is 5.03 Å². The fourth-order valence-corrected chi connectivity index (χ4v) is 5.55. The van der Waals surface area contributed by atoms with Crippen LogP contribution in [-0.2, 0) is 21.2 Å². The van der Waals surface area contributed by atoms with Gasteiger partial charge in [0.05, 0.1) is 15.9 Å². The molecule has 0 aliphatic rings. The van der Waals surface area contributed by atoms with Crippen LogP contribution in [0.1, 0.15) is 17.3 Å². The van der Waals surface area contributed by atoms with Crippen molar-refractivity contribution in [2.75, 3.05) is 6.26 Å². The van der Waals surface area contributed by atoms with E-state index in [2.05, 4.69) is 15.9 Å². The molecule has 0 radical (unpaired) electrons. The van der Waals surface area contributed by atoms with Crippen LogP contribution < -0.4 is 5.43 Å². The smallest absolute Gasteiger partial charge is 0.517 e. The lowest BCUT2D eigenvalue weighted by Crippen LogP contribution is -2.36. The number of hydrogen-bond donors (Lipinski definition) is 0. The molecule has 1 aromatic heterocycles. The zero-order chi connectivity index (χ0) is 20.2. The number of aromatic nitrogens is 1. The van der Waals surface area contributed by atoms with Crippen LogP contribution in [0.4, 0.5) is 13.2 Å². The standard InChI is InChI=1S/C13H8BrClF3NO5S2/c1-5(20)8-11(21)9-7(15)4-3-6(14)10(9)19(12(8)25(2)22)26(23,24)13(16,17)18/h3-4H,1-2H3. The molecule has 0 bridgehead atoms. The van der Waals surface area contributed by atoms with Gasteiger partial charge in [0, 0.05) is 15.6 Å². The van der Waals surface area contributed by atoms with Crippen LogP contribution in [0.3, 0.4) is 0 Å². The lowest BCUT2D eigenvalue weighted by Gasteiger charge is -2.20. The predicted octanol–water partition coefficient (Wildman–Crippen LogP) is 3.06. The van der Waals surface area contributed by atoms with E-state index in [9.17, 15) is 35.7 Å². The van der Waals surface area contributed by atoms with E-state index in [1.807, 2.05) is 0 Å². The van der Waals surface area contributed by atoms with E-state index in [-0.39, 0.29) is 13.5 Å². The molecular formula is C13H8BrClF3NO5S2. The van der Waals surface area contributed by atoms with Gasteiger partial charge in [0.2, 0.25) is 5.43 Å². The van der Waals surface area contributed by atoms with Crippen molar-refractivity contribution in [3.05, 3.63) is 37.4 Å². The van der Waals surface area contributed by atoms with Crippen LogP contribution in [0.15, 0.2) is 26.4 Å². The largest absolute Gasteiger partial charge is 0.610 e. The lowest BCUT2D eigenvalue weighted by molar-refractivity contribution is -0.0447. The average Bonchev–Trinajstić information content (AvgIpc) is 2.48. The Morgan fingerprint density at radius 2 is 1.88 bits per heavy atom. The first-order valence-electron chi connectivity index (χ1n) is 6.46. The van der Waals surface area contributed by atoms with Crippen LogP contribution >= 0.6 is 27.5 Å². The Kier molecular flexibility index (Phi) is 5.57. The Labute approximate surface area is 161 Å². The van der Waals surface area contributed by atoms with Gasteiger partial charge in [-0.05, 0) is 35.0 Å². The number of nitrogens with zero attached hydrogens (tertiary/aromatic N) is 1. The summed E-state index contributed by atoms with van der Waals surface area (Å²) in [5.74, 6) is -1.05. The lowest BCUT2D eigenvalue weighted by atomic mass is 10.1. The van der Waals surface area contributed by atoms with Crippen molar-refractivity contribution < 1.29 is 30.9 Å². The fourth-order valence-electron chi connectivity index (χ4n) is 2.28. The SMILES string of the molecule is CC(=O)c1c([S+](C)[O-])n(S(=O)(=O)C(F)(F)F)c2c(Br)ccc(Cl)c2c1=O. The molecule has 0 amide bonds. The number of rotatable bonds is 3. The van der Waals surface area contributed by atoms with E-state index in [0.29, 0.717) is 0 Å². The minimum absolute atomic E-state index is 0.219. The van der Waals surface area contributed by atoms with Crippen molar-refractivity contribution in [3.63, 3.8) is 0 Å². The van der Waals surface area contributed by atoms with Crippen LogP contribution in [0.2, 0.25) is 5.02 Å². The molecule has 13 heteroatoms. The molecule has 0 aliphatic carbocycles. The van der Waals surface area contributed by atoms with Gasteiger partial charge in [-0.1, -0.05) is 11.6 Å². The third-order valence-electron chi connectivity index (χ3n) is 3.29. The van der Waals surface area contributed by atoms with Crippen molar-refractivity contribution in [2.24, 2.45) is 0 Å². The second kappa shape index (κ2) is 6.82. The molecule has 1 atom stereocenters. The summed E-state index contributed by atoms with van der Waals surface area (Å²) in [5.41, 5.74) is -8.60. The van der Waals surface area contributed by atoms with Crippen molar-refractivity contribution in [1.82, 2.24) is 3.97 Å². The summed E-state index contributed by atoms with van der Waals surface area (Å²) in [6.07, 6.45) is 0.855. The summed E-state index contributed by atoms with van der Waals surface area (Å²) < 4.78 is 75.6. The van der Waals surface area contributed by atoms with Crippen molar-refractivity contribution in [2.45, 2.75) is 17.5 Å². The van der Waals surface area contributed by atoms with Gasteiger partial charge in [-0.2, -0.15) is 25.6 Å². The van der Waals surface area contributed by atoms with E-state index in [4.69, 9.17) is 11.6 Å². The van der Waals surface area contributed by atoms with Crippen molar-refractivity contribution in [3.8, 4) is 0 Å². The number of carbonyl (C=O) groups is 1. The van der Waals surface area contributed by atoms with Gasteiger partial charge in [0.1, 0.15) is 11.8 Å². The number of alkyl halides is 3. The molecular weight excluding hydrogens is 487 g/mol. The van der Waals surface area contributed by atoms with E-state index in [1.165, 1.54) is 0 Å². The zero-order valence-corrected chi connectivity index (χ0v) is 16.8. The molecule has 0 saturated carbocycles. The quantitative estimate of drug-likeness (QED) is 0.483. The minimum Gasteiger partial charge on any atom is -0.610 e. The first kappa shape index (κ1) is 21.2. The number of hydrogen-bond acceptors (Lipinski definition) is 5. The Morgan fingerprint density at radius 1 is 1.35 bits per heavy atom.